The maximum Gasteiger partial charge on any atom is 2.00 e. The molecule has 0 unspecified atom stereocenters. The largest absolute Gasteiger partial charge is 2.00 e. The van der Waals surface area contributed by atoms with Crippen LogP contribution in [-0.4, -0.2) is 69.3 Å². The monoisotopic (exact) mass is 883 g/mol. The van der Waals surface area contributed by atoms with E-state index in [1.807, 2.05) is 134 Å². The van der Waals surface area contributed by atoms with Gasteiger partial charge in [0.05, 0.1) is 0 Å². The Kier molecular flexibility index (Phi) is 37.4. The van der Waals surface area contributed by atoms with Crippen LogP contribution in [0.25, 0.3) is 16.0 Å². The van der Waals surface area contributed by atoms with Gasteiger partial charge in [0.1, 0.15) is 0 Å². The first kappa shape index (κ1) is 54.9. The average Bonchev–Trinajstić information content (AvgIpc) is 3.79. The van der Waals surface area contributed by atoms with Gasteiger partial charge in [0.25, 0.3) is 0 Å². The second-order valence-corrected chi connectivity index (χ2v) is 11.1. The molecule has 1 saturated heterocycles. The van der Waals surface area contributed by atoms with Gasteiger partial charge in [-0.1, -0.05) is 62.6 Å². The van der Waals surface area contributed by atoms with Crippen molar-refractivity contribution in [3.05, 3.63) is 196 Å². The fraction of sp³-hybridized carbons (Fsp3) is 0.250. The molecular weight excluding hydrogens is 838 g/mol. The van der Waals surface area contributed by atoms with Gasteiger partial charge in [0.15, 0.2) is 47.6 Å². The Bertz CT molecular complexity index is 1340. The smallest absolute Gasteiger partial charge is 1.00 e. The molecule has 15 heteroatoms. The van der Waals surface area contributed by atoms with Crippen LogP contribution in [0.4, 0.5) is 0 Å². The molecule has 0 atom stereocenters. The molecule has 1 aliphatic heterocycles. The standard InChI is InChI=1S/3C12H12N3.C4H8O.2BrH.Li.2Mg/c3*1-3-7-14-11(5-1)9-13-10-12-6-2-4-8-15-12;1-2-4-5-3-1;;;;;/h3*1-8H,9-10H2;1-4H2;2*1H;;;/q3*-1;;;;+1;2*+2/p+2. The van der Waals surface area contributed by atoms with Crippen LogP contribution < -0.4 is 72.8 Å². The molecule has 1 fully saturated rings. The van der Waals surface area contributed by atoms with Gasteiger partial charge < -0.3 is 54.7 Å². The number of hydrogen-bond donors (Lipinski definition) is 0. The van der Waals surface area contributed by atoms with Crippen molar-refractivity contribution in [1.29, 1.82) is 0 Å². The number of nitrogens with one attached hydrogen (secondary N) is 4. The zero-order valence-electron chi connectivity index (χ0n) is 31.7. The number of hydrogen-bond acceptors (Lipinski definition) is 3. The normalized spacial score (nSPS) is 10.5. The SMILES string of the molecule is C1CCOC1.[Br-].[Br-].[Li+].[Mg+2].[Mg+2].c1ccc(C[N-]Cc2cccc[nH+]2)[nH+]c1.c1ccc(C[N-]Cc2cccc[nH+]2)[nH+]c1.c1ccc(C[N-]Cc2ccccn2)nc1. The number of aromatic amines is 4. The molecule has 7 rings (SSSR count). The molecular formula is C40H48Br2LiMg2N9O+4. The number of ether oxygens (including phenoxy) is 1. The maximum absolute atomic E-state index is 4.94. The van der Waals surface area contributed by atoms with Crippen LogP contribution in [0.15, 0.2) is 146 Å². The minimum Gasteiger partial charge on any atom is -1.00 e. The van der Waals surface area contributed by atoms with Gasteiger partial charge in [-0.05, 0) is 37.1 Å². The van der Waals surface area contributed by atoms with Gasteiger partial charge in [-0.15, -0.1) is 13.1 Å². The van der Waals surface area contributed by atoms with E-state index in [0.29, 0.717) is 13.1 Å². The Morgan fingerprint density at radius 3 is 0.982 bits per heavy atom. The van der Waals surface area contributed by atoms with Crippen LogP contribution in [0, 0.1) is 0 Å². The van der Waals surface area contributed by atoms with Crippen LogP contribution in [-0.2, 0) is 44.0 Å². The van der Waals surface area contributed by atoms with Crippen molar-refractivity contribution in [2.75, 3.05) is 13.2 Å². The molecule has 0 radical (unpaired) electrons. The molecule has 6 aromatic heterocycles. The summed E-state index contributed by atoms with van der Waals surface area (Å²) in [6, 6.07) is 35.8. The first-order valence-corrected chi connectivity index (χ1v) is 16.9. The van der Waals surface area contributed by atoms with E-state index in [-0.39, 0.29) is 98.9 Å². The first-order chi connectivity index (χ1) is 24.8. The summed E-state index contributed by atoms with van der Waals surface area (Å²) in [7, 11) is 0. The number of halogens is 2. The first-order valence-electron chi connectivity index (χ1n) is 16.9. The van der Waals surface area contributed by atoms with Crippen LogP contribution in [0.3, 0.4) is 0 Å². The molecule has 10 nitrogen and oxygen atoms in total. The van der Waals surface area contributed by atoms with Crippen LogP contribution in [0.5, 0.6) is 0 Å². The van der Waals surface area contributed by atoms with E-state index in [0.717, 1.165) is 73.6 Å². The van der Waals surface area contributed by atoms with Gasteiger partial charge in [-0.2, -0.15) is 0 Å². The zero-order chi connectivity index (χ0) is 34.6. The number of nitrogens with zero attached hydrogens (tertiary/aromatic N) is 5. The summed E-state index contributed by atoms with van der Waals surface area (Å²) >= 11 is 0. The quantitative estimate of drug-likeness (QED) is 0.118. The van der Waals surface area contributed by atoms with E-state index in [1.54, 1.807) is 12.4 Å². The van der Waals surface area contributed by atoms with Crippen LogP contribution in [0.1, 0.15) is 47.0 Å². The summed E-state index contributed by atoms with van der Waals surface area (Å²) in [6.45, 7) is 6.20. The molecule has 0 bridgehead atoms. The third kappa shape index (κ3) is 27.2. The second-order valence-electron chi connectivity index (χ2n) is 11.1. The Labute approximate surface area is 391 Å². The summed E-state index contributed by atoms with van der Waals surface area (Å²) in [4.78, 5) is 21.0. The Morgan fingerprint density at radius 2 is 0.745 bits per heavy atom. The topological polar surface area (TPSA) is 134 Å². The molecule has 0 amide bonds. The molecule has 274 valence electrons. The number of pyridine rings is 6. The van der Waals surface area contributed by atoms with E-state index in [2.05, 4.69) is 45.9 Å². The number of rotatable bonds is 12. The van der Waals surface area contributed by atoms with Crippen molar-refractivity contribution in [1.82, 2.24) is 9.97 Å². The Hall–Kier alpha value is -2.17. The molecule has 0 spiro atoms. The molecule has 55 heavy (non-hydrogen) atoms. The number of H-pyrrole nitrogens is 4. The van der Waals surface area contributed by atoms with Gasteiger partial charge in [-0.25, -0.2) is 19.9 Å². The molecule has 0 aromatic carbocycles. The third-order valence-corrected chi connectivity index (χ3v) is 7.05. The van der Waals surface area contributed by atoms with E-state index < -0.39 is 0 Å². The Balaban J connectivity index is 0. The zero-order valence-corrected chi connectivity index (χ0v) is 37.7. The molecule has 6 aromatic rings. The van der Waals surface area contributed by atoms with Gasteiger partial charge in [0.2, 0.25) is 0 Å². The molecule has 4 N–H and O–H groups in total. The molecule has 7 heterocycles. The molecule has 0 saturated carbocycles. The third-order valence-electron chi connectivity index (χ3n) is 7.05. The van der Waals surface area contributed by atoms with Crippen molar-refractivity contribution >= 4 is 46.1 Å². The van der Waals surface area contributed by atoms with Crippen LogP contribution >= 0.6 is 0 Å². The van der Waals surface area contributed by atoms with Crippen molar-refractivity contribution in [2.24, 2.45) is 0 Å². The minimum absolute atomic E-state index is 0. The number of aromatic nitrogens is 6. The van der Waals surface area contributed by atoms with E-state index in [4.69, 9.17) is 4.74 Å². The second kappa shape index (κ2) is 37.4. The minimum atomic E-state index is 0. The predicted molar refractivity (Wildman–Crippen MR) is 204 cm³/mol. The van der Waals surface area contributed by atoms with E-state index in [9.17, 15) is 0 Å². The van der Waals surface area contributed by atoms with Crippen molar-refractivity contribution in [3.8, 4) is 0 Å². The maximum atomic E-state index is 4.94. The summed E-state index contributed by atoms with van der Waals surface area (Å²) in [5.74, 6) is 0. The Morgan fingerprint density at radius 1 is 0.436 bits per heavy atom. The summed E-state index contributed by atoms with van der Waals surface area (Å²) in [6.07, 6.45) is 13.8. The van der Waals surface area contributed by atoms with Crippen molar-refractivity contribution in [2.45, 2.75) is 52.1 Å². The van der Waals surface area contributed by atoms with E-state index in [1.165, 1.54) is 12.8 Å². The summed E-state index contributed by atoms with van der Waals surface area (Å²) < 4.78 is 4.94. The fourth-order valence-electron chi connectivity index (χ4n) is 4.49. The van der Waals surface area contributed by atoms with Gasteiger partial charge in [0, 0.05) is 85.5 Å². The van der Waals surface area contributed by atoms with Crippen molar-refractivity contribution < 1.29 is 77.5 Å². The average molecular weight is 886 g/mol. The van der Waals surface area contributed by atoms with Crippen LogP contribution in [0.2, 0.25) is 0 Å². The summed E-state index contributed by atoms with van der Waals surface area (Å²) in [5, 5.41) is 13.3. The van der Waals surface area contributed by atoms with Crippen molar-refractivity contribution in [3.63, 3.8) is 0 Å². The molecule has 0 aliphatic carbocycles. The summed E-state index contributed by atoms with van der Waals surface area (Å²) in [5.41, 5.74) is 6.52. The van der Waals surface area contributed by atoms with E-state index >= 15 is 0 Å². The predicted octanol–water partition coefficient (Wildman–Crippen LogP) is -3.62. The van der Waals surface area contributed by atoms with Gasteiger partial charge in [-0.3, -0.25) is 9.97 Å². The molecule has 1 aliphatic rings. The van der Waals surface area contributed by atoms with Gasteiger partial charge >= 0.3 is 65.0 Å². The fourth-order valence-corrected chi connectivity index (χ4v) is 4.49.